The molecular formula is C5H6N6O2. The molecule has 0 aliphatic heterocycles. The first kappa shape index (κ1) is 7.53. The maximum atomic E-state index is 11.0. The van der Waals surface area contributed by atoms with Gasteiger partial charge in [0.25, 0.3) is 0 Å². The zero-order valence-electron chi connectivity index (χ0n) is 6.44. The van der Waals surface area contributed by atoms with Crippen LogP contribution in [0.15, 0.2) is 15.8 Å². The van der Waals surface area contributed by atoms with Gasteiger partial charge in [-0.15, -0.1) is 0 Å². The van der Waals surface area contributed by atoms with E-state index in [1.54, 1.807) is 0 Å². The molecule has 0 unspecified atom stereocenters. The van der Waals surface area contributed by atoms with Gasteiger partial charge in [-0.25, -0.2) is 24.4 Å². The normalized spacial score (nSPS) is 10.5. The number of aromatic nitrogens is 6. The van der Waals surface area contributed by atoms with E-state index in [0.717, 1.165) is 4.57 Å². The maximum Gasteiger partial charge on any atom is 0.344 e. The molecule has 0 amide bonds. The molecule has 8 nitrogen and oxygen atoms in total. The highest BCUT2D eigenvalue weighted by Crippen LogP contribution is 1.87. The van der Waals surface area contributed by atoms with E-state index in [1.807, 2.05) is 0 Å². The Morgan fingerprint density at radius 1 is 1.31 bits per heavy atom. The largest absolute Gasteiger partial charge is 0.344 e. The Bertz CT molecular complexity index is 460. The molecule has 0 aliphatic carbocycles. The summed E-state index contributed by atoms with van der Waals surface area (Å²) in [6, 6.07) is 0. The summed E-state index contributed by atoms with van der Waals surface area (Å²) < 4.78 is 0.984. The fourth-order valence-corrected chi connectivity index (χ4v) is 0.941. The fraction of sp³-hybridized carbons (Fsp3) is 0.200. The van der Waals surface area contributed by atoms with E-state index in [2.05, 4.69) is 25.6 Å². The quantitative estimate of drug-likeness (QED) is 0.500. The lowest BCUT2D eigenvalue weighted by atomic mass is 10.5. The monoisotopic (exact) mass is 182 g/mol. The van der Waals surface area contributed by atoms with Gasteiger partial charge in [0, 0.05) is 0 Å². The van der Waals surface area contributed by atoms with Crippen molar-refractivity contribution in [3.63, 3.8) is 0 Å². The lowest BCUT2D eigenvalue weighted by Gasteiger charge is -1.91. The Kier molecular flexibility index (Phi) is 1.58. The first-order valence-corrected chi connectivity index (χ1v) is 3.49. The van der Waals surface area contributed by atoms with Crippen LogP contribution in [0.3, 0.4) is 0 Å². The number of nitrogens with one attached hydrogen (secondary N) is 3. The van der Waals surface area contributed by atoms with Crippen molar-refractivity contribution >= 4 is 0 Å². The van der Waals surface area contributed by atoms with Gasteiger partial charge in [-0.2, -0.15) is 15.4 Å². The van der Waals surface area contributed by atoms with Crippen molar-refractivity contribution in [1.82, 2.24) is 30.2 Å². The average molecular weight is 182 g/mol. The zero-order chi connectivity index (χ0) is 9.26. The van der Waals surface area contributed by atoms with Crippen molar-refractivity contribution in [3.05, 3.63) is 32.9 Å². The number of rotatable bonds is 2. The molecule has 0 fully saturated rings. The first-order valence-electron chi connectivity index (χ1n) is 3.49. The fourth-order valence-electron chi connectivity index (χ4n) is 0.941. The summed E-state index contributed by atoms with van der Waals surface area (Å²) in [6.45, 7) is 0.105. The highest BCUT2D eigenvalue weighted by molar-refractivity contribution is 4.91. The van der Waals surface area contributed by atoms with Gasteiger partial charge in [0.05, 0.1) is 12.7 Å². The number of nitrogens with zero attached hydrogens (tertiary/aromatic N) is 3. The predicted molar refractivity (Wildman–Crippen MR) is 41.2 cm³/mol. The molecule has 0 aliphatic rings. The number of aromatic amines is 3. The molecule has 0 aromatic carbocycles. The van der Waals surface area contributed by atoms with Crippen molar-refractivity contribution < 1.29 is 0 Å². The molecule has 0 saturated heterocycles. The summed E-state index contributed by atoms with van der Waals surface area (Å²) in [7, 11) is 0. The third kappa shape index (κ3) is 1.28. The van der Waals surface area contributed by atoms with E-state index in [1.165, 1.54) is 6.20 Å². The van der Waals surface area contributed by atoms with Gasteiger partial charge >= 0.3 is 11.4 Å². The molecule has 0 radical (unpaired) electrons. The van der Waals surface area contributed by atoms with Gasteiger partial charge in [0.1, 0.15) is 5.69 Å². The minimum Gasteiger partial charge on any atom is -0.247 e. The number of H-pyrrole nitrogens is 3. The van der Waals surface area contributed by atoms with E-state index in [-0.39, 0.29) is 6.54 Å². The molecule has 2 aromatic rings. The van der Waals surface area contributed by atoms with Gasteiger partial charge in [0.15, 0.2) is 0 Å². The van der Waals surface area contributed by atoms with Crippen molar-refractivity contribution in [3.8, 4) is 0 Å². The van der Waals surface area contributed by atoms with E-state index in [0.29, 0.717) is 5.69 Å². The lowest BCUT2D eigenvalue weighted by Crippen LogP contribution is -2.27. The molecule has 0 bridgehead atoms. The second kappa shape index (κ2) is 2.73. The Morgan fingerprint density at radius 2 is 2.00 bits per heavy atom. The molecule has 8 heteroatoms. The van der Waals surface area contributed by atoms with Crippen molar-refractivity contribution in [2.45, 2.75) is 6.54 Å². The van der Waals surface area contributed by atoms with Gasteiger partial charge < -0.3 is 0 Å². The van der Waals surface area contributed by atoms with Crippen LogP contribution in [0.2, 0.25) is 0 Å². The molecule has 0 atom stereocenters. The van der Waals surface area contributed by atoms with Crippen LogP contribution >= 0.6 is 0 Å². The smallest absolute Gasteiger partial charge is 0.247 e. The first-order chi connectivity index (χ1) is 6.27. The molecule has 2 heterocycles. The Hall–Kier alpha value is -2.12. The number of hydrogen-bond donors (Lipinski definition) is 3. The van der Waals surface area contributed by atoms with E-state index >= 15 is 0 Å². The van der Waals surface area contributed by atoms with Crippen LogP contribution in [0.25, 0.3) is 0 Å². The van der Waals surface area contributed by atoms with Gasteiger partial charge in [0.2, 0.25) is 0 Å². The van der Waals surface area contributed by atoms with E-state index in [4.69, 9.17) is 0 Å². The maximum absolute atomic E-state index is 11.0. The molecular weight excluding hydrogens is 176 g/mol. The minimum absolute atomic E-state index is 0.105. The highest BCUT2D eigenvalue weighted by Gasteiger charge is 2.04. The molecule has 0 spiro atoms. The molecule has 2 aromatic heterocycles. The third-order valence-electron chi connectivity index (χ3n) is 1.55. The van der Waals surface area contributed by atoms with Gasteiger partial charge in [-0.05, 0) is 0 Å². The van der Waals surface area contributed by atoms with Crippen molar-refractivity contribution in [2.24, 2.45) is 0 Å². The number of hydrogen-bond acceptors (Lipinski definition) is 4. The van der Waals surface area contributed by atoms with Crippen LogP contribution in [0.1, 0.15) is 5.69 Å². The van der Waals surface area contributed by atoms with Crippen LogP contribution < -0.4 is 11.4 Å². The molecule has 13 heavy (non-hydrogen) atoms. The lowest BCUT2D eigenvalue weighted by molar-refractivity contribution is 0.711. The Balaban J connectivity index is 2.38. The van der Waals surface area contributed by atoms with E-state index < -0.39 is 11.4 Å². The summed E-state index contributed by atoms with van der Waals surface area (Å²) in [5.74, 6) is 0. The van der Waals surface area contributed by atoms with Gasteiger partial charge in [-0.3, -0.25) is 0 Å². The Morgan fingerprint density at radius 3 is 2.54 bits per heavy atom. The predicted octanol–water partition coefficient (Wildman–Crippen LogP) is -1.97. The highest BCUT2D eigenvalue weighted by atomic mass is 16.2. The minimum atomic E-state index is -0.493. The molecule has 0 saturated carbocycles. The summed E-state index contributed by atoms with van der Waals surface area (Å²) >= 11 is 0. The van der Waals surface area contributed by atoms with Crippen molar-refractivity contribution in [2.75, 3.05) is 0 Å². The second-order valence-corrected chi connectivity index (χ2v) is 2.41. The van der Waals surface area contributed by atoms with Crippen LogP contribution in [0.4, 0.5) is 0 Å². The van der Waals surface area contributed by atoms with E-state index in [9.17, 15) is 9.59 Å². The standard InChI is InChI=1S/C5H6N6O2/c12-4-8-9-5(13)11(4)2-3-1-6-10-7-3/h1H,2H2,(H,8,12)(H,9,13)(H,6,7,10). The molecule has 2 rings (SSSR count). The molecule has 68 valence electrons. The summed E-state index contributed by atoms with van der Waals surface area (Å²) in [5.41, 5.74) is -0.465. The third-order valence-corrected chi connectivity index (χ3v) is 1.55. The zero-order valence-corrected chi connectivity index (χ0v) is 6.44. The average Bonchev–Trinajstić information content (AvgIpc) is 2.70. The van der Waals surface area contributed by atoms with Crippen LogP contribution in [0.5, 0.6) is 0 Å². The van der Waals surface area contributed by atoms with Gasteiger partial charge in [-0.1, -0.05) is 0 Å². The summed E-state index contributed by atoms with van der Waals surface area (Å²) in [6.07, 6.45) is 1.44. The molecule has 3 N–H and O–H groups in total. The second-order valence-electron chi connectivity index (χ2n) is 2.41. The summed E-state index contributed by atoms with van der Waals surface area (Å²) in [5, 5.41) is 14.0. The topological polar surface area (TPSA) is 112 Å². The van der Waals surface area contributed by atoms with Crippen LogP contribution in [-0.4, -0.2) is 30.2 Å². The van der Waals surface area contributed by atoms with Crippen molar-refractivity contribution in [1.29, 1.82) is 0 Å². The summed E-state index contributed by atoms with van der Waals surface area (Å²) in [4.78, 5) is 22.0. The van der Waals surface area contributed by atoms with Crippen LogP contribution in [0, 0.1) is 0 Å². The Labute approximate surface area is 70.6 Å². The SMILES string of the molecule is O=c1[nH][nH]c(=O)n1Cc1cn[nH]n1. The van der Waals surface area contributed by atoms with Crippen LogP contribution in [-0.2, 0) is 6.54 Å².